The van der Waals surface area contributed by atoms with Crippen molar-refractivity contribution in [2.75, 3.05) is 11.4 Å². The fraction of sp³-hybridized carbons (Fsp3) is 0.0500. The van der Waals surface area contributed by atoms with Crippen LogP contribution in [0.4, 0.5) is 5.69 Å². The number of anilines is 1. The number of rotatable bonds is 4. The molecule has 0 spiro atoms. The fourth-order valence-electron chi connectivity index (χ4n) is 2.87. The summed E-state index contributed by atoms with van der Waals surface area (Å²) < 4.78 is 0. The Hall–Kier alpha value is -3.87. The van der Waals surface area contributed by atoms with E-state index in [0.717, 1.165) is 4.90 Å². The van der Waals surface area contributed by atoms with Crippen LogP contribution in [0.5, 0.6) is 0 Å². The molecule has 4 rings (SSSR count). The van der Waals surface area contributed by atoms with Crippen LogP contribution in [0.2, 0.25) is 0 Å². The maximum absolute atomic E-state index is 12.7. The van der Waals surface area contributed by atoms with E-state index in [9.17, 15) is 14.4 Å². The monoisotopic (exact) mass is 358 g/mol. The molecule has 1 N–H and O–H groups in total. The molecule has 3 aromatic rings. The van der Waals surface area contributed by atoms with E-state index < -0.39 is 11.8 Å². The van der Waals surface area contributed by atoms with Gasteiger partial charge < -0.3 is 5.32 Å². The molecule has 0 radical (unpaired) electrons. The highest BCUT2D eigenvalue weighted by Crippen LogP contribution is 2.28. The first-order valence-corrected chi connectivity index (χ1v) is 8.25. The average molecular weight is 358 g/mol. The van der Waals surface area contributed by atoms with Crippen molar-refractivity contribution in [3.05, 3.63) is 78.1 Å². The van der Waals surface area contributed by atoms with Crippen LogP contribution >= 0.6 is 0 Å². The third-order valence-electron chi connectivity index (χ3n) is 4.18. The Kier molecular flexibility index (Phi) is 3.97. The molecule has 0 bridgehead atoms. The SMILES string of the molecule is C=CCNC(=O)c1ccc(N2C(=O)c3nc4ccccc4nc3C2=O)cc1. The third kappa shape index (κ3) is 2.75. The van der Waals surface area contributed by atoms with E-state index in [1.165, 1.54) is 0 Å². The molecule has 0 atom stereocenters. The molecule has 0 saturated heterocycles. The van der Waals surface area contributed by atoms with Crippen molar-refractivity contribution in [3.63, 3.8) is 0 Å². The van der Waals surface area contributed by atoms with Gasteiger partial charge >= 0.3 is 0 Å². The molecule has 2 aromatic carbocycles. The number of carbonyl (C=O) groups excluding carboxylic acids is 3. The molecular weight excluding hydrogens is 344 g/mol. The number of fused-ring (bicyclic) bond motifs is 2. The second kappa shape index (κ2) is 6.45. The van der Waals surface area contributed by atoms with Crippen LogP contribution in [-0.2, 0) is 0 Å². The van der Waals surface area contributed by atoms with E-state index >= 15 is 0 Å². The summed E-state index contributed by atoms with van der Waals surface area (Å²) in [6, 6.07) is 13.2. The van der Waals surface area contributed by atoms with Crippen molar-refractivity contribution in [1.29, 1.82) is 0 Å². The van der Waals surface area contributed by atoms with Gasteiger partial charge in [-0.05, 0) is 36.4 Å². The highest BCUT2D eigenvalue weighted by Gasteiger charge is 2.39. The second-order valence-electron chi connectivity index (χ2n) is 5.90. The van der Waals surface area contributed by atoms with E-state index in [1.54, 1.807) is 54.6 Å². The number of imide groups is 1. The minimum Gasteiger partial charge on any atom is -0.349 e. The molecule has 0 aliphatic carbocycles. The maximum atomic E-state index is 12.7. The zero-order valence-electron chi connectivity index (χ0n) is 14.2. The van der Waals surface area contributed by atoms with Gasteiger partial charge in [0, 0.05) is 12.1 Å². The van der Waals surface area contributed by atoms with E-state index in [0.29, 0.717) is 28.8 Å². The van der Waals surface area contributed by atoms with E-state index in [1.807, 2.05) is 0 Å². The number of hydrogen-bond donors (Lipinski definition) is 1. The first-order chi connectivity index (χ1) is 13.1. The van der Waals surface area contributed by atoms with Gasteiger partial charge in [-0.15, -0.1) is 6.58 Å². The van der Waals surface area contributed by atoms with Crippen LogP contribution in [0.25, 0.3) is 11.0 Å². The number of hydrogen-bond acceptors (Lipinski definition) is 5. The lowest BCUT2D eigenvalue weighted by Gasteiger charge is -2.13. The number of amides is 3. The molecule has 27 heavy (non-hydrogen) atoms. The second-order valence-corrected chi connectivity index (χ2v) is 5.90. The van der Waals surface area contributed by atoms with Gasteiger partial charge in [-0.3, -0.25) is 14.4 Å². The Bertz CT molecular complexity index is 1050. The van der Waals surface area contributed by atoms with Crippen LogP contribution in [0.3, 0.4) is 0 Å². The minimum absolute atomic E-state index is 0.0338. The molecule has 7 nitrogen and oxygen atoms in total. The molecule has 0 fully saturated rings. The molecule has 0 unspecified atom stereocenters. The summed E-state index contributed by atoms with van der Waals surface area (Å²) in [5, 5.41) is 2.66. The van der Waals surface area contributed by atoms with Crippen molar-refractivity contribution in [2.24, 2.45) is 0 Å². The van der Waals surface area contributed by atoms with Gasteiger partial charge in [0.1, 0.15) is 0 Å². The topological polar surface area (TPSA) is 92.3 Å². The van der Waals surface area contributed by atoms with Gasteiger partial charge in [0.25, 0.3) is 17.7 Å². The Labute approximate surface area is 154 Å². The Balaban J connectivity index is 1.67. The first-order valence-electron chi connectivity index (χ1n) is 8.25. The average Bonchev–Trinajstić information content (AvgIpc) is 2.94. The minimum atomic E-state index is -0.530. The Morgan fingerprint density at radius 1 is 0.963 bits per heavy atom. The molecule has 7 heteroatoms. The number of benzene rings is 2. The number of para-hydroxylation sites is 2. The van der Waals surface area contributed by atoms with Crippen LogP contribution in [-0.4, -0.2) is 34.2 Å². The van der Waals surface area contributed by atoms with Gasteiger partial charge in [0.15, 0.2) is 11.4 Å². The van der Waals surface area contributed by atoms with Crippen LogP contribution in [0.15, 0.2) is 61.2 Å². The van der Waals surface area contributed by atoms with Gasteiger partial charge in [0.05, 0.1) is 16.7 Å². The number of nitrogens with zero attached hydrogens (tertiary/aromatic N) is 3. The van der Waals surface area contributed by atoms with Crippen LogP contribution < -0.4 is 10.2 Å². The summed E-state index contributed by atoms with van der Waals surface area (Å²) >= 11 is 0. The van der Waals surface area contributed by atoms with Gasteiger partial charge in [-0.2, -0.15) is 0 Å². The van der Waals surface area contributed by atoms with Crippen molar-refractivity contribution in [1.82, 2.24) is 15.3 Å². The summed E-state index contributed by atoms with van der Waals surface area (Å²) in [4.78, 5) is 47.0. The molecule has 2 heterocycles. The Morgan fingerprint density at radius 3 is 2.04 bits per heavy atom. The quantitative estimate of drug-likeness (QED) is 0.571. The van der Waals surface area contributed by atoms with Crippen LogP contribution in [0.1, 0.15) is 31.3 Å². The highest BCUT2D eigenvalue weighted by atomic mass is 16.2. The smallest absolute Gasteiger partial charge is 0.286 e. The standard InChI is InChI=1S/C20H14N4O3/c1-2-11-21-18(25)12-7-9-13(10-8-12)24-19(26)16-17(20(24)27)23-15-6-4-3-5-14(15)22-16/h2-10H,1,11H2,(H,21,25). The Morgan fingerprint density at radius 2 is 1.52 bits per heavy atom. The largest absolute Gasteiger partial charge is 0.349 e. The van der Waals surface area contributed by atoms with Crippen molar-refractivity contribution in [3.8, 4) is 0 Å². The lowest BCUT2D eigenvalue weighted by atomic mass is 10.2. The summed E-state index contributed by atoms with van der Waals surface area (Å²) in [6.07, 6.45) is 1.58. The van der Waals surface area contributed by atoms with E-state index in [2.05, 4.69) is 21.9 Å². The van der Waals surface area contributed by atoms with Crippen LogP contribution in [0, 0.1) is 0 Å². The molecule has 1 aromatic heterocycles. The van der Waals surface area contributed by atoms with Gasteiger partial charge in [-0.1, -0.05) is 18.2 Å². The third-order valence-corrected chi connectivity index (χ3v) is 4.18. The molecule has 3 amide bonds. The lowest BCUT2D eigenvalue weighted by molar-refractivity contribution is 0.0921. The summed E-state index contributed by atoms with van der Waals surface area (Å²) in [5.74, 6) is -1.33. The van der Waals surface area contributed by atoms with E-state index in [4.69, 9.17) is 0 Å². The van der Waals surface area contributed by atoms with Crippen molar-refractivity contribution >= 4 is 34.4 Å². The molecule has 0 saturated carbocycles. The molecule has 1 aliphatic heterocycles. The first kappa shape index (κ1) is 16.6. The number of nitrogens with one attached hydrogen (secondary N) is 1. The predicted octanol–water partition coefficient (Wildman–Crippen LogP) is 2.35. The zero-order chi connectivity index (χ0) is 19.0. The highest BCUT2D eigenvalue weighted by molar-refractivity contribution is 6.33. The van der Waals surface area contributed by atoms with E-state index in [-0.39, 0.29) is 17.3 Å². The van der Waals surface area contributed by atoms with Gasteiger partial charge in [0.2, 0.25) is 0 Å². The maximum Gasteiger partial charge on any atom is 0.286 e. The lowest BCUT2D eigenvalue weighted by Crippen LogP contribution is -2.30. The summed E-state index contributed by atoms with van der Waals surface area (Å²) in [5.41, 5.74) is 1.94. The number of carbonyl (C=O) groups is 3. The normalized spacial score (nSPS) is 13.0. The fourth-order valence-corrected chi connectivity index (χ4v) is 2.87. The molecular formula is C20H14N4O3. The summed E-state index contributed by atoms with van der Waals surface area (Å²) in [7, 11) is 0. The van der Waals surface area contributed by atoms with Crippen molar-refractivity contribution in [2.45, 2.75) is 0 Å². The molecule has 132 valence electrons. The zero-order valence-corrected chi connectivity index (χ0v) is 14.2. The van der Waals surface area contributed by atoms with Gasteiger partial charge in [-0.25, -0.2) is 14.9 Å². The summed E-state index contributed by atoms with van der Waals surface area (Å²) in [6.45, 7) is 3.89. The van der Waals surface area contributed by atoms with Crippen molar-refractivity contribution < 1.29 is 14.4 Å². The number of aromatic nitrogens is 2. The predicted molar refractivity (Wildman–Crippen MR) is 99.7 cm³/mol. The molecule has 1 aliphatic rings.